The summed E-state index contributed by atoms with van der Waals surface area (Å²) < 4.78 is 7.06. The fourth-order valence-corrected chi connectivity index (χ4v) is 4.05. The second kappa shape index (κ2) is 10.5. The van der Waals surface area contributed by atoms with Gasteiger partial charge in [0.05, 0.1) is 18.4 Å². The van der Waals surface area contributed by atoms with Gasteiger partial charge in [-0.3, -0.25) is 9.69 Å². The minimum Gasteiger partial charge on any atom is -0.497 e. The Morgan fingerprint density at radius 3 is 2.42 bits per heavy atom. The summed E-state index contributed by atoms with van der Waals surface area (Å²) in [6.07, 6.45) is 5.99. The molecule has 0 saturated carbocycles. The number of carbonyl (C=O) groups excluding carboxylic acids is 1. The number of hydrogen-bond acceptors (Lipinski definition) is 4. The number of para-hydroxylation sites is 1. The van der Waals surface area contributed by atoms with Gasteiger partial charge in [0.2, 0.25) is 0 Å². The Hall–Kier alpha value is -3.38. The third kappa shape index (κ3) is 5.71. The topological polar surface area (TPSA) is 59.4 Å². The van der Waals surface area contributed by atoms with Crippen molar-refractivity contribution in [1.29, 1.82) is 0 Å². The van der Waals surface area contributed by atoms with E-state index in [1.54, 1.807) is 11.8 Å². The number of aromatic nitrogens is 2. The highest BCUT2D eigenvalue weighted by Gasteiger charge is 2.24. The van der Waals surface area contributed by atoms with Gasteiger partial charge in [-0.15, -0.1) is 0 Å². The summed E-state index contributed by atoms with van der Waals surface area (Å²) in [7, 11) is 1.64. The molecule has 0 unspecified atom stereocenters. The van der Waals surface area contributed by atoms with Crippen LogP contribution in [0.3, 0.4) is 0 Å². The molecule has 1 fully saturated rings. The number of ether oxygens (including phenoxy) is 1. The quantitative estimate of drug-likeness (QED) is 0.536. The van der Waals surface area contributed by atoms with E-state index in [4.69, 9.17) is 9.84 Å². The molecule has 3 aromatic rings. The van der Waals surface area contributed by atoms with Crippen molar-refractivity contribution in [3.05, 3.63) is 78.0 Å². The molecule has 0 atom stereocenters. The van der Waals surface area contributed by atoms with Gasteiger partial charge in [0, 0.05) is 37.4 Å². The first-order valence-corrected chi connectivity index (χ1v) is 11.5. The maximum Gasteiger partial charge on any atom is 0.255 e. The summed E-state index contributed by atoms with van der Waals surface area (Å²) in [5.41, 5.74) is 4.38. The Kier molecular flexibility index (Phi) is 7.25. The van der Waals surface area contributed by atoms with Gasteiger partial charge >= 0.3 is 0 Å². The van der Waals surface area contributed by atoms with Crippen molar-refractivity contribution in [3.63, 3.8) is 0 Å². The molecule has 0 bridgehead atoms. The van der Waals surface area contributed by atoms with Crippen molar-refractivity contribution >= 4 is 5.91 Å². The smallest absolute Gasteiger partial charge is 0.255 e. The lowest BCUT2D eigenvalue weighted by molar-refractivity contribution is 0.0914. The molecule has 33 heavy (non-hydrogen) atoms. The first kappa shape index (κ1) is 22.8. The number of benzene rings is 2. The Balaban J connectivity index is 1.53. The molecular formula is C27H32N4O2. The lowest BCUT2D eigenvalue weighted by Crippen LogP contribution is -2.44. The number of carbonyl (C=O) groups is 1. The van der Waals surface area contributed by atoms with Crippen LogP contribution in [0.5, 0.6) is 5.75 Å². The van der Waals surface area contributed by atoms with Crippen LogP contribution in [0.2, 0.25) is 0 Å². The molecule has 0 spiro atoms. The molecule has 172 valence electrons. The molecular weight excluding hydrogens is 412 g/mol. The average Bonchev–Trinajstić information content (AvgIpc) is 3.30. The normalized spacial score (nSPS) is 14.6. The molecule has 6 heteroatoms. The first-order valence-electron chi connectivity index (χ1n) is 11.5. The molecule has 6 nitrogen and oxygen atoms in total. The zero-order valence-electron chi connectivity index (χ0n) is 19.6. The van der Waals surface area contributed by atoms with Gasteiger partial charge in [-0.25, -0.2) is 4.68 Å². The SMILES string of the molecule is COc1ccc(-c2nn(-c3ccccc3)cc2C(=O)NC2CCN(CC=C(C)C)CC2)cc1. The number of nitrogens with zero attached hydrogens (tertiary/aromatic N) is 3. The summed E-state index contributed by atoms with van der Waals surface area (Å²) in [4.78, 5) is 15.8. The van der Waals surface area contributed by atoms with Crippen molar-refractivity contribution in [3.8, 4) is 22.7 Å². The number of nitrogens with one attached hydrogen (secondary N) is 1. The summed E-state index contributed by atoms with van der Waals surface area (Å²) in [5, 5.41) is 8.03. The number of allylic oxidation sites excluding steroid dienone is 1. The number of hydrogen-bond donors (Lipinski definition) is 1. The van der Waals surface area contributed by atoms with Crippen molar-refractivity contribution in [2.75, 3.05) is 26.7 Å². The second-order valence-corrected chi connectivity index (χ2v) is 8.73. The van der Waals surface area contributed by atoms with Gasteiger partial charge in [-0.1, -0.05) is 29.8 Å². The van der Waals surface area contributed by atoms with E-state index in [0.29, 0.717) is 11.3 Å². The van der Waals surface area contributed by atoms with Crippen LogP contribution in [-0.4, -0.2) is 53.4 Å². The van der Waals surface area contributed by atoms with Gasteiger partial charge in [0.15, 0.2) is 0 Å². The molecule has 1 amide bonds. The van der Waals surface area contributed by atoms with Crippen LogP contribution in [0, 0.1) is 0 Å². The van der Waals surface area contributed by atoms with E-state index >= 15 is 0 Å². The van der Waals surface area contributed by atoms with Crippen LogP contribution in [0.1, 0.15) is 37.0 Å². The highest BCUT2D eigenvalue weighted by Crippen LogP contribution is 2.26. The summed E-state index contributed by atoms with van der Waals surface area (Å²) in [6.45, 7) is 7.22. The predicted molar refractivity (Wildman–Crippen MR) is 132 cm³/mol. The number of piperidine rings is 1. The largest absolute Gasteiger partial charge is 0.497 e. The minimum atomic E-state index is -0.0780. The highest BCUT2D eigenvalue weighted by molar-refractivity contribution is 6.00. The second-order valence-electron chi connectivity index (χ2n) is 8.73. The molecule has 0 radical (unpaired) electrons. The first-order chi connectivity index (χ1) is 16.0. The van der Waals surface area contributed by atoms with Gasteiger partial charge in [0.1, 0.15) is 11.4 Å². The Bertz CT molecular complexity index is 1090. The number of methoxy groups -OCH3 is 1. The zero-order chi connectivity index (χ0) is 23.2. The van der Waals surface area contributed by atoms with Crippen LogP contribution >= 0.6 is 0 Å². The zero-order valence-corrected chi connectivity index (χ0v) is 19.6. The highest BCUT2D eigenvalue weighted by atomic mass is 16.5. The summed E-state index contributed by atoms with van der Waals surface area (Å²) in [5.74, 6) is 0.692. The Morgan fingerprint density at radius 2 is 1.79 bits per heavy atom. The Morgan fingerprint density at radius 1 is 1.09 bits per heavy atom. The molecule has 1 aliphatic rings. The maximum absolute atomic E-state index is 13.4. The molecule has 1 saturated heterocycles. The molecule has 2 heterocycles. The van der Waals surface area contributed by atoms with Gasteiger partial charge in [-0.05, 0) is 63.1 Å². The van der Waals surface area contributed by atoms with Gasteiger partial charge < -0.3 is 10.1 Å². The number of rotatable bonds is 7. The van der Waals surface area contributed by atoms with Crippen molar-refractivity contribution < 1.29 is 9.53 Å². The lowest BCUT2D eigenvalue weighted by atomic mass is 10.0. The van der Waals surface area contributed by atoms with Crippen molar-refractivity contribution in [1.82, 2.24) is 20.0 Å². The fourth-order valence-electron chi connectivity index (χ4n) is 4.05. The van der Waals surface area contributed by atoms with E-state index in [1.807, 2.05) is 60.8 Å². The van der Waals surface area contributed by atoms with E-state index in [-0.39, 0.29) is 11.9 Å². The minimum absolute atomic E-state index is 0.0780. The predicted octanol–water partition coefficient (Wildman–Crippen LogP) is 4.71. The van der Waals surface area contributed by atoms with E-state index in [0.717, 1.165) is 49.5 Å². The number of likely N-dealkylation sites (tertiary alicyclic amines) is 1. The third-order valence-corrected chi connectivity index (χ3v) is 6.02. The maximum atomic E-state index is 13.4. The van der Waals surface area contributed by atoms with Crippen molar-refractivity contribution in [2.45, 2.75) is 32.7 Å². The van der Waals surface area contributed by atoms with Crippen LogP contribution in [-0.2, 0) is 0 Å². The fraction of sp³-hybridized carbons (Fsp3) is 0.333. The monoisotopic (exact) mass is 444 g/mol. The summed E-state index contributed by atoms with van der Waals surface area (Å²) in [6, 6.07) is 17.7. The molecule has 4 rings (SSSR count). The standard InChI is InChI=1S/C27H32N4O2/c1-20(2)13-16-30-17-14-22(15-18-30)28-27(32)25-19-31(23-7-5-4-6-8-23)29-26(25)21-9-11-24(33-3)12-10-21/h4-13,19,22H,14-18H2,1-3H3,(H,28,32). The van der Waals surface area contributed by atoms with Gasteiger partial charge in [0.25, 0.3) is 5.91 Å². The van der Waals surface area contributed by atoms with Crippen LogP contribution < -0.4 is 10.1 Å². The van der Waals surface area contributed by atoms with Crippen LogP contribution in [0.4, 0.5) is 0 Å². The Labute approximate surface area is 195 Å². The molecule has 1 N–H and O–H groups in total. The molecule has 1 aromatic heterocycles. The van der Waals surface area contributed by atoms with Crippen LogP contribution in [0.15, 0.2) is 72.4 Å². The third-order valence-electron chi connectivity index (χ3n) is 6.02. The average molecular weight is 445 g/mol. The summed E-state index contributed by atoms with van der Waals surface area (Å²) >= 11 is 0. The van der Waals surface area contributed by atoms with Crippen LogP contribution in [0.25, 0.3) is 16.9 Å². The van der Waals surface area contributed by atoms with Gasteiger partial charge in [-0.2, -0.15) is 5.10 Å². The van der Waals surface area contributed by atoms with E-state index in [9.17, 15) is 4.79 Å². The van der Waals surface area contributed by atoms with E-state index < -0.39 is 0 Å². The molecule has 2 aromatic carbocycles. The van der Waals surface area contributed by atoms with Crippen molar-refractivity contribution in [2.24, 2.45) is 0 Å². The molecule has 0 aliphatic carbocycles. The van der Waals surface area contributed by atoms with E-state index in [1.165, 1.54) is 5.57 Å². The lowest BCUT2D eigenvalue weighted by Gasteiger charge is -2.31. The number of amides is 1. The van der Waals surface area contributed by atoms with E-state index in [2.05, 4.69) is 30.1 Å². The molecule has 1 aliphatic heterocycles.